The summed E-state index contributed by atoms with van der Waals surface area (Å²) in [5.41, 5.74) is 0. The normalized spacial score (nSPS) is 10.8. The van der Waals surface area contributed by atoms with E-state index in [1.165, 1.54) is 0 Å². The Morgan fingerprint density at radius 3 is 1.62 bits per heavy atom. The smallest absolute Gasteiger partial charge is 0.204 e. The van der Waals surface area contributed by atoms with E-state index in [0.717, 1.165) is 18.1 Å². The Hall–Kier alpha value is -0.603. The van der Waals surface area contributed by atoms with Gasteiger partial charge in [0.25, 0.3) is 0 Å². The second kappa shape index (κ2) is 6.86. The zero-order chi connectivity index (χ0) is 10.2. The third-order valence-electron chi connectivity index (χ3n) is 1.92. The summed E-state index contributed by atoms with van der Waals surface area (Å²) >= 11 is 0. The number of rotatable bonds is 8. The fourth-order valence-corrected chi connectivity index (χ4v) is 4.30. The Morgan fingerprint density at radius 1 is 1.00 bits per heavy atom. The molecule has 0 saturated carbocycles. The van der Waals surface area contributed by atoms with Gasteiger partial charge < -0.3 is 4.43 Å². The van der Waals surface area contributed by atoms with Crippen LogP contribution in [0.2, 0.25) is 18.1 Å². The van der Waals surface area contributed by atoms with Gasteiger partial charge in [0.2, 0.25) is 8.32 Å². The maximum Gasteiger partial charge on any atom is 0.204 e. The standard InChI is InChI=1S/C11H19OSi/c1-5-9-13(10-6-2,11-7-3)12-8-4/h5-8H,1-3,9-11H2,4H3. The molecule has 0 heterocycles. The fourth-order valence-electron chi connectivity index (χ4n) is 1.43. The minimum absolute atomic E-state index is 0.954. The van der Waals surface area contributed by atoms with Crippen molar-refractivity contribution in [3.8, 4) is 0 Å². The molecule has 0 aliphatic rings. The molecule has 0 N–H and O–H groups in total. The van der Waals surface area contributed by atoms with E-state index in [1.807, 2.05) is 25.2 Å². The molecule has 1 radical (unpaired) electrons. The first-order chi connectivity index (χ1) is 6.24. The third-order valence-corrected chi connectivity index (χ3v) is 5.75. The predicted molar refractivity (Wildman–Crippen MR) is 61.8 cm³/mol. The molecule has 1 nitrogen and oxygen atoms in total. The Labute approximate surface area is 82.9 Å². The van der Waals surface area contributed by atoms with Gasteiger partial charge in [-0.3, -0.25) is 0 Å². The maximum absolute atomic E-state index is 5.75. The van der Waals surface area contributed by atoms with Crippen molar-refractivity contribution in [3.05, 3.63) is 44.6 Å². The highest BCUT2D eigenvalue weighted by atomic mass is 28.4. The van der Waals surface area contributed by atoms with Gasteiger partial charge in [0.05, 0.1) is 6.61 Å². The van der Waals surface area contributed by atoms with Crippen molar-refractivity contribution in [1.29, 1.82) is 0 Å². The Kier molecular flexibility index (Phi) is 6.55. The molecule has 0 saturated heterocycles. The lowest BCUT2D eigenvalue weighted by Crippen LogP contribution is -2.35. The van der Waals surface area contributed by atoms with Gasteiger partial charge in [0.15, 0.2) is 0 Å². The van der Waals surface area contributed by atoms with Crippen LogP contribution in [0.3, 0.4) is 0 Å². The number of hydrogen-bond acceptors (Lipinski definition) is 1. The van der Waals surface area contributed by atoms with Crippen molar-refractivity contribution < 1.29 is 4.43 Å². The van der Waals surface area contributed by atoms with Crippen LogP contribution in [0.4, 0.5) is 0 Å². The van der Waals surface area contributed by atoms with Crippen molar-refractivity contribution in [1.82, 2.24) is 0 Å². The maximum atomic E-state index is 5.75. The van der Waals surface area contributed by atoms with E-state index in [2.05, 4.69) is 19.7 Å². The second-order valence-electron chi connectivity index (χ2n) is 3.01. The molecule has 0 bridgehead atoms. The van der Waals surface area contributed by atoms with Crippen molar-refractivity contribution in [2.24, 2.45) is 0 Å². The Bertz CT molecular complexity index is 148. The van der Waals surface area contributed by atoms with E-state index in [0.29, 0.717) is 0 Å². The molecule has 0 fully saturated rings. The van der Waals surface area contributed by atoms with Crippen molar-refractivity contribution in [2.75, 3.05) is 0 Å². The van der Waals surface area contributed by atoms with E-state index in [9.17, 15) is 0 Å². The summed E-state index contributed by atoms with van der Waals surface area (Å²) in [5.74, 6) is 0. The van der Waals surface area contributed by atoms with Crippen molar-refractivity contribution in [2.45, 2.75) is 25.1 Å². The molecule has 0 aromatic rings. The van der Waals surface area contributed by atoms with Gasteiger partial charge in [-0.2, -0.15) is 0 Å². The summed E-state index contributed by atoms with van der Waals surface area (Å²) in [6.07, 6.45) is 5.80. The molecule has 0 aliphatic heterocycles. The lowest BCUT2D eigenvalue weighted by atomic mass is 10.7. The van der Waals surface area contributed by atoms with Crippen molar-refractivity contribution >= 4 is 8.32 Å². The first-order valence-electron chi connectivity index (χ1n) is 4.53. The van der Waals surface area contributed by atoms with Crippen LogP contribution < -0.4 is 0 Å². The average molecular weight is 195 g/mol. The van der Waals surface area contributed by atoms with Crippen LogP contribution in [-0.4, -0.2) is 8.32 Å². The summed E-state index contributed by atoms with van der Waals surface area (Å²) in [7, 11) is -1.71. The SMILES string of the molecule is C=CC[Si](CC=C)(CC=C)O[CH]C. The molecular formula is C11H19OSi. The average Bonchev–Trinajstić information content (AvgIpc) is 2.06. The Balaban J connectivity index is 4.44. The molecule has 0 spiro atoms. The molecule has 0 aromatic heterocycles. The van der Waals surface area contributed by atoms with Crippen LogP contribution in [0.15, 0.2) is 38.0 Å². The molecule has 0 aromatic carbocycles. The van der Waals surface area contributed by atoms with Crippen LogP contribution in [0, 0.1) is 6.61 Å². The molecule has 0 unspecified atom stereocenters. The van der Waals surface area contributed by atoms with Crippen LogP contribution in [0.25, 0.3) is 0 Å². The first-order valence-corrected chi connectivity index (χ1v) is 7.06. The van der Waals surface area contributed by atoms with Gasteiger partial charge in [-0.1, -0.05) is 18.2 Å². The molecule has 2 heteroatoms. The zero-order valence-corrected chi connectivity index (χ0v) is 9.46. The van der Waals surface area contributed by atoms with Gasteiger partial charge >= 0.3 is 0 Å². The largest absolute Gasteiger partial charge is 0.411 e. The molecule has 0 aliphatic carbocycles. The van der Waals surface area contributed by atoms with Crippen LogP contribution in [-0.2, 0) is 4.43 Å². The van der Waals surface area contributed by atoms with Crippen LogP contribution in [0.1, 0.15) is 6.92 Å². The summed E-state index contributed by atoms with van der Waals surface area (Å²) in [6, 6.07) is 2.86. The lowest BCUT2D eigenvalue weighted by Gasteiger charge is -2.27. The van der Waals surface area contributed by atoms with E-state index in [4.69, 9.17) is 4.43 Å². The van der Waals surface area contributed by atoms with Gasteiger partial charge in [0, 0.05) is 0 Å². The summed E-state index contributed by atoms with van der Waals surface area (Å²) in [6.45, 7) is 15.0. The van der Waals surface area contributed by atoms with Gasteiger partial charge in [-0.05, 0) is 25.1 Å². The molecular weight excluding hydrogens is 176 g/mol. The van der Waals surface area contributed by atoms with Gasteiger partial charge in [-0.15, -0.1) is 19.7 Å². The fraction of sp³-hybridized carbons (Fsp3) is 0.364. The van der Waals surface area contributed by atoms with Crippen LogP contribution in [0.5, 0.6) is 0 Å². The minimum Gasteiger partial charge on any atom is -0.411 e. The third kappa shape index (κ3) is 4.25. The summed E-state index contributed by atoms with van der Waals surface area (Å²) in [5, 5.41) is 0. The predicted octanol–water partition coefficient (Wildman–Crippen LogP) is 3.69. The van der Waals surface area contributed by atoms with E-state index in [-0.39, 0.29) is 0 Å². The van der Waals surface area contributed by atoms with Gasteiger partial charge in [0.1, 0.15) is 0 Å². The number of hydrogen-bond donors (Lipinski definition) is 0. The molecule has 0 atom stereocenters. The zero-order valence-electron chi connectivity index (χ0n) is 8.46. The highest BCUT2D eigenvalue weighted by Gasteiger charge is 2.30. The van der Waals surface area contributed by atoms with E-state index >= 15 is 0 Å². The first kappa shape index (κ1) is 12.4. The monoisotopic (exact) mass is 195 g/mol. The lowest BCUT2D eigenvalue weighted by molar-refractivity contribution is 0.401. The molecule has 73 valence electrons. The number of allylic oxidation sites excluding steroid dienone is 3. The molecule has 13 heavy (non-hydrogen) atoms. The van der Waals surface area contributed by atoms with Crippen molar-refractivity contribution in [3.63, 3.8) is 0 Å². The summed E-state index contributed by atoms with van der Waals surface area (Å²) < 4.78 is 5.75. The van der Waals surface area contributed by atoms with E-state index in [1.54, 1.807) is 6.61 Å². The van der Waals surface area contributed by atoms with Crippen LogP contribution >= 0.6 is 0 Å². The second-order valence-corrected chi connectivity index (χ2v) is 6.84. The molecule has 0 amide bonds. The summed E-state index contributed by atoms with van der Waals surface area (Å²) in [4.78, 5) is 0. The van der Waals surface area contributed by atoms with Gasteiger partial charge in [-0.25, -0.2) is 0 Å². The highest BCUT2D eigenvalue weighted by molar-refractivity contribution is 6.75. The quantitative estimate of drug-likeness (QED) is 0.424. The van der Waals surface area contributed by atoms with E-state index < -0.39 is 8.32 Å². The Morgan fingerprint density at radius 2 is 1.38 bits per heavy atom. The molecule has 0 rings (SSSR count). The highest BCUT2D eigenvalue weighted by Crippen LogP contribution is 2.24. The minimum atomic E-state index is -1.71. The topological polar surface area (TPSA) is 9.23 Å².